The van der Waals surface area contributed by atoms with Gasteiger partial charge in [-0.15, -0.1) is 0 Å². The molecule has 4 fully saturated rings. The molecule has 1 saturated heterocycles. The van der Waals surface area contributed by atoms with Crippen molar-refractivity contribution in [2.45, 2.75) is 63.8 Å². The summed E-state index contributed by atoms with van der Waals surface area (Å²) in [4.78, 5) is 13.5. The van der Waals surface area contributed by atoms with Crippen LogP contribution in [0.3, 0.4) is 0 Å². The van der Waals surface area contributed by atoms with E-state index in [0.717, 1.165) is 70.0 Å². The highest BCUT2D eigenvalue weighted by molar-refractivity contribution is 7.73. The molecule has 2 unspecified atom stereocenters. The van der Waals surface area contributed by atoms with Gasteiger partial charge < -0.3 is 5.32 Å². The van der Waals surface area contributed by atoms with Gasteiger partial charge in [-0.25, -0.2) is 0 Å². The molecule has 0 aromatic heterocycles. The highest BCUT2D eigenvalue weighted by Crippen LogP contribution is 2.52. The van der Waals surface area contributed by atoms with Crippen molar-refractivity contribution in [2.75, 3.05) is 13.1 Å². The van der Waals surface area contributed by atoms with E-state index in [9.17, 15) is 15.3 Å². The summed E-state index contributed by atoms with van der Waals surface area (Å²) in [6.45, 7) is 7.52. The van der Waals surface area contributed by atoms with E-state index in [4.69, 9.17) is 0 Å². The summed E-state index contributed by atoms with van der Waals surface area (Å²) in [6, 6.07) is 2.52. The first kappa shape index (κ1) is 21.4. The van der Waals surface area contributed by atoms with Crippen molar-refractivity contribution in [3.8, 4) is 6.07 Å². The summed E-state index contributed by atoms with van der Waals surface area (Å²) in [5.41, 5.74) is 4.60. The maximum atomic E-state index is 13.5. The van der Waals surface area contributed by atoms with Crippen LogP contribution in [0.25, 0.3) is 0 Å². The topological polar surface area (TPSA) is 88.4 Å². The fraction of sp³-hybridized carbons (Fsp3) is 0.636. The lowest BCUT2D eigenvalue weighted by atomic mass is 9.58. The molecule has 0 aromatic carbocycles. The maximum absolute atomic E-state index is 13.5. The molecule has 2 atom stereocenters. The average Bonchev–Trinajstić information content (AvgIpc) is 3.28. The van der Waals surface area contributed by atoms with E-state index < -0.39 is 4.27 Å². The third-order valence-electron chi connectivity index (χ3n) is 7.60. The molecule has 7 nitrogen and oxygen atoms in total. The van der Waals surface area contributed by atoms with Gasteiger partial charge >= 0.3 is 0 Å². The summed E-state index contributed by atoms with van der Waals surface area (Å²) >= 11 is 4.40. The fourth-order valence-corrected chi connectivity index (χ4v) is 5.61. The van der Waals surface area contributed by atoms with Crippen LogP contribution < -0.4 is 10.7 Å². The normalized spacial score (nSPS) is 35.8. The zero-order valence-corrected chi connectivity index (χ0v) is 18.5. The Bertz CT molecular complexity index is 826. The van der Waals surface area contributed by atoms with E-state index in [2.05, 4.69) is 36.2 Å². The number of thiol groups is 1. The molecule has 3 saturated carbocycles. The van der Waals surface area contributed by atoms with Crippen molar-refractivity contribution in [2.24, 2.45) is 11.3 Å². The number of quaternary nitrogens is 1. The first-order chi connectivity index (χ1) is 14.2. The Kier molecular flexibility index (Phi) is 5.52. The molecule has 2 bridgehead atoms. The Labute approximate surface area is 184 Å². The van der Waals surface area contributed by atoms with Gasteiger partial charge in [0.05, 0.1) is 30.1 Å². The van der Waals surface area contributed by atoms with Crippen molar-refractivity contribution in [3.05, 3.63) is 35.6 Å². The zero-order chi connectivity index (χ0) is 21.6. The second-order valence-electron chi connectivity index (χ2n) is 9.42. The highest BCUT2D eigenvalue weighted by Gasteiger charge is 2.50. The van der Waals surface area contributed by atoms with Gasteiger partial charge in [-0.3, -0.25) is 4.79 Å². The minimum absolute atomic E-state index is 0.128. The molecular formula is C22H32N5O2S+. The number of nitrogens with zero attached hydrogens (tertiary/aromatic N) is 3. The lowest BCUT2D eigenvalue weighted by molar-refractivity contribution is -1.11. The van der Waals surface area contributed by atoms with Crippen LogP contribution >= 0.6 is 12.8 Å². The van der Waals surface area contributed by atoms with E-state index in [-0.39, 0.29) is 22.8 Å². The van der Waals surface area contributed by atoms with Crippen LogP contribution in [0.2, 0.25) is 0 Å². The van der Waals surface area contributed by atoms with Crippen LogP contribution in [0.15, 0.2) is 35.6 Å². The standard InChI is InChI=1S/C22H31N5O2S/c1-16-5-6-18(25-27(29,30)26-13-3-4-14-26)19(17(16)2)20(28)24-22-10-7-21(15-23,8-11-22)9-12-22/h5-6,17,29-30H,1,3-4,7-14H2,2H3,(H-,24,25,28)/p+1. The van der Waals surface area contributed by atoms with Gasteiger partial charge in [-0.05, 0) is 63.0 Å². The predicted molar refractivity (Wildman–Crippen MR) is 116 cm³/mol. The second-order valence-corrected chi connectivity index (χ2v) is 9.98. The number of rotatable bonds is 5. The summed E-state index contributed by atoms with van der Waals surface area (Å²) < 4.78 is -0.772. The predicted octanol–water partition coefficient (Wildman–Crippen LogP) is 3.30. The Morgan fingerprint density at radius 1 is 1.27 bits per heavy atom. The SMILES string of the molecule is C=C1C=CC(N[N+](O)(S)N2CCCC2)=C(C(=O)NC23CCC(C#N)(CC2)CC3)C1C. The molecule has 4 aliphatic carbocycles. The highest BCUT2D eigenvalue weighted by atomic mass is 32.1. The number of carbonyl (C=O) groups is 1. The number of allylic oxidation sites excluding steroid dienone is 3. The van der Waals surface area contributed by atoms with E-state index >= 15 is 0 Å². The molecule has 1 aliphatic heterocycles. The van der Waals surface area contributed by atoms with Crippen molar-refractivity contribution in [1.29, 1.82) is 5.26 Å². The third-order valence-corrected chi connectivity index (χ3v) is 7.95. The Hall–Kier alpha value is -1.79. The van der Waals surface area contributed by atoms with Crippen LogP contribution in [0.5, 0.6) is 0 Å². The molecular weight excluding hydrogens is 398 g/mol. The molecule has 3 N–H and O–H groups in total. The van der Waals surface area contributed by atoms with Crippen LogP contribution in [-0.2, 0) is 4.79 Å². The van der Waals surface area contributed by atoms with Crippen LogP contribution in [0.4, 0.5) is 0 Å². The number of hydrogen-bond acceptors (Lipinski definition) is 6. The molecule has 1 heterocycles. The first-order valence-electron chi connectivity index (χ1n) is 10.9. The molecule has 5 aliphatic rings. The zero-order valence-electron chi connectivity index (χ0n) is 17.7. The number of fused-ring (bicyclic) bond motifs is 3. The van der Waals surface area contributed by atoms with Crippen LogP contribution in [-0.4, -0.2) is 39.0 Å². The Balaban J connectivity index is 1.56. The fourth-order valence-electron chi connectivity index (χ4n) is 5.32. The lowest BCUT2D eigenvalue weighted by Gasteiger charge is -2.50. The molecule has 1 amide bonds. The van der Waals surface area contributed by atoms with Gasteiger partial charge in [0, 0.05) is 15.7 Å². The monoisotopic (exact) mass is 430 g/mol. The lowest BCUT2D eigenvalue weighted by Crippen LogP contribution is -2.59. The number of hydrogen-bond donors (Lipinski definition) is 4. The summed E-state index contributed by atoms with van der Waals surface area (Å²) in [5, 5.41) is 25.5. The summed E-state index contributed by atoms with van der Waals surface area (Å²) in [6.07, 6.45) is 10.7. The van der Waals surface area contributed by atoms with E-state index in [1.807, 2.05) is 18.0 Å². The van der Waals surface area contributed by atoms with E-state index in [0.29, 0.717) is 11.3 Å². The molecule has 5 rings (SSSR count). The molecule has 30 heavy (non-hydrogen) atoms. The average molecular weight is 431 g/mol. The number of amides is 1. The van der Waals surface area contributed by atoms with Gasteiger partial charge in [0.15, 0.2) is 0 Å². The summed E-state index contributed by atoms with van der Waals surface area (Å²) in [7, 11) is 0. The maximum Gasteiger partial charge on any atom is 0.250 e. The van der Waals surface area contributed by atoms with Crippen LogP contribution in [0, 0.1) is 22.7 Å². The van der Waals surface area contributed by atoms with E-state index in [1.54, 1.807) is 6.08 Å². The molecule has 162 valence electrons. The van der Waals surface area contributed by atoms with Crippen molar-refractivity contribution < 1.29 is 14.3 Å². The van der Waals surface area contributed by atoms with Gasteiger partial charge in [-0.2, -0.15) is 15.9 Å². The quantitative estimate of drug-likeness (QED) is 0.305. The smallest absolute Gasteiger partial charge is 0.250 e. The van der Waals surface area contributed by atoms with Crippen molar-refractivity contribution >= 4 is 18.7 Å². The minimum Gasteiger partial charge on any atom is -0.347 e. The largest absolute Gasteiger partial charge is 0.347 e. The molecule has 0 radical (unpaired) electrons. The summed E-state index contributed by atoms with van der Waals surface area (Å²) in [5.74, 6) is -0.303. The molecule has 0 spiro atoms. The number of nitriles is 1. The van der Waals surface area contributed by atoms with Crippen molar-refractivity contribution in [1.82, 2.24) is 15.8 Å². The van der Waals surface area contributed by atoms with Gasteiger partial charge in [-0.1, -0.05) is 24.6 Å². The number of nitrogens with one attached hydrogen (secondary N) is 2. The van der Waals surface area contributed by atoms with E-state index in [1.165, 1.54) is 0 Å². The van der Waals surface area contributed by atoms with Gasteiger partial charge in [0.25, 0.3) is 5.91 Å². The second kappa shape index (κ2) is 7.72. The van der Waals surface area contributed by atoms with Crippen LogP contribution in [0.1, 0.15) is 58.3 Å². The Morgan fingerprint density at radius 2 is 1.87 bits per heavy atom. The molecule has 0 aromatic rings. The number of carbonyl (C=O) groups excluding carboxylic acids is 1. The van der Waals surface area contributed by atoms with Gasteiger partial charge in [0.2, 0.25) is 0 Å². The van der Waals surface area contributed by atoms with Crippen molar-refractivity contribution in [3.63, 3.8) is 0 Å². The Morgan fingerprint density at radius 3 is 2.43 bits per heavy atom. The van der Waals surface area contributed by atoms with Gasteiger partial charge in [0.1, 0.15) is 18.5 Å². The molecule has 8 heteroatoms. The minimum atomic E-state index is -0.772. The third kappa shape index (κ3) is 3.80. The first-order valence-corrected chi connectivity index (χ1v) is 11.3.